The van der Waals surface area contributed by atoms with Gasteiger partial charge >= 0.3 is 0 Å². The zero-order valence-corrected chi connectivity index (χ0v) is 24.3. The molecule has 0 spiro atoms. The van der Waals surface area contributed by atoms with E-state index in [4.69, 9.17) is 24.7 Å². The molecule has 9 heteroatoms. The topological polar surface area (TPSA) is 92.9 Å². The van der Waals surface area contributed by atoms with E-state index >= 15 is 0 Å². The maximum absolute atomic E-state index is 13.1. The molecule has 1 heterocycles. The molecule has 4 rings (SSSR count). The Balaban J connectivity index is 0.00000420. The lowest BCUT2D eigenvalue weighted by atomic mass is 9.94. The summed E-state index contributed by atoms with van der Waals surface area (Å²) in [5.41, 5.74) is 12.7. The van der Waals surface area contributed by atoms with Gasteiger partial charge in [-0.25, -0.2) is 0 Å². The summed E-state index contributed by atoms with van der Waals surface area (Å²) in [6, 6.07) is 16.8. The van der Waals surface area contributed by atoms with Crippen LogP contribution in [0.5, 0.6) is 23.0 Å². The summed E-state index contributed by atoms with van der Waals surface area (Å²) >= 11 is 1.37. The van der Waals surface area contributed by atoms with E-state index in [0.29, 0.717) is 23.7 Å². The van der Waals surface area contributed by atoms with Crippen LogP contribution in [-0.2, 0) is 17.6 Å². The SMILES string of the molecule is COc1ccc(CC(N)C(=O)Cc2cc(-c3csnc3-c3cc(C)c(OC)c(OC)c3)ccc2OC)cc1.Cl. The molecule has 0 amide bonds. The molecule has 0 fully saturated rings. The van der Waals surface area contributed by atoms with Crippen LogP contribution >= 0.6 is 23.9 Å². The summed E-state index contributed by atoms with van der Waals surface area (Å²) in [5, 5.41) is 2.00. The molecule has 0 aliphatic heterocycles. The average Bonchev–Trinajstić information content (AvgIpc) is 3.43. The number of hydrogen-bond acceptors (Lipinski definition) is 8. The van der Waals surface area contributed by atoms with Crippen molar-refractivity contribution in [1.82, 2.24) is 4.37 Å². The molecule has 0 aliphatic carbocycles. The van der Waals surface area contributed by atoms with Gasteiger partial charge in [0.2, 0.25) is 0 Å². The van der Waals surface area contributed by atoms with Gasteiger partial charge in [0.05, 0.1) is 40.2 Å². The fourth-order valence-corrected chi connectivity index (χ4v) is 5.19. The van der Waals surface area contributed by atoms with Crippen LogP contribution in [0.1, 0.15) is 16.7 Å². The molecule has 4 aromatic rings. The van der Waals surface area contributed by atoms with E-state index in [2.05, 4.69) is 4.37 Å². The first-order chi connectivity index (χ1) is 18.4. The first-order valence-corrected chi connectivity index (χ1v) is 13.0. The molecule has 39 heavy (non-hydrogen) atoms. The number of rotatable bonds is 11. The van der Waals surface area contributed by atoms with Crippen LogP contribution in [0, 0.1) is 6.92 Å². The van der Waals surface area contributed by atoms with E-state index in [1.165, 1.54) is 11.5 Å². The smallest absolute Gasteiger partial charge is 0.163 e. The number of aryl methyl sites for hydroxylation is 1. The largest absolute Gasteiger partial charge is 0.497 e. The third-order valence-electron chi connectivity index (χ3n) is 6.49. The number of aromatic nitrogens is 1. The molecule has 1 aromatic heterocycles. The lowest BCUT2D eigenvalue weighted by molar-refractivity contribution is -0.119. The summed E-state index contributed by atoms with van der Waals surface area (Å²) < 4.78 is 26.5. The van der Waals surface area contributed by atoms with Crippen molar-refractivity contribution in [3.8, 4) is 45.4 Å². The third kappa shape index (κ3) is 6.71. The van der Waals surface area contributed by atoms with E-state index in [1.54, 1.807) is 28.4 Å². The van der Waals surface area contributed by atoms with E-state index in [1.807, 2.05) is 66.9 Å². The molecule has 0 aliphatic rings. The van der Waals surface area contributed by atoms with Gasteiger partial charge in [-0.1, -0.05) is 18.2 Å². The van der Waals surface area contributed by atoms with Crippen molar-refractivity contribution in [2.45, 2.75) is 25.8 Å². The molecule has 206 valence electrons. The molecule has 3 aromatic carbocycles. The van der Waals surface area contributed by atoms with Gasteiger partial charge in [0.1, 0.15) is 11.5 Å². The molecule has 1 unspecified atom stereocenters. The second-order valence-electron chi connectivity index (χ2n) is 8.93. The Kier molecular flexibility index (Phi) is 10.3. The second-order valence-corrected chi connectivity index (χ2v) is 9.56. The average molecular weight is 569 g/mol. The predicted octanol–water partition coefficient (Wildman–Crippen LogP) is 5.92. The van der Waals surface area contributed by atoms with Gasteiger partial charge in [0.25, 0.3) is 0 Å². The Morgan fingerprint density at radius 3 is 2.26 bits per heavy atom. The number of ether oxygens (including phenoxy) is 4. The zero-order chi connectivity index (χ0) is 27.2. The third-order valence-corrected chi connectivity index (χ3v) is 7.12. The highest BCUT2D eigenvalue weighted by atomic mass is 35.5. The lowest BCUT2D eigenvalue weighted by Crippen LogP contribution is -2.34. The van der Waals surface area contributed by atoms with E-state index < -0.39 is 6.04 Å². The molecule has 7 nitrogen and oxygen atoms in total. The van der Waals surface area contributed by atoms with Crippen molar-refractivity contribution in [2.75, 3.05) is 28.4 Å². The Morgan fingerprint density at radius 1 is 0.897 bits per heavy atom. The van der Waals surface area contributed by atoms with E-state index in [9.17, 15) is 4.79 Å². The number of benzene rings is 3. The molecule has 0 saturated heterocycles. The number of carbonyl (C=O) groups is 1. The van der Waals surface area contributed by atoms with Gasteiger partial charge in [-0.3, -0.25) is 4.79 Å². The number of hydrogen-bond donors (Lipinski definition) is 1. The second kappa shape index (κ2) is 13.5. The Morgan fingerprint density at radius 2 is 1.62 bits per heavy atom. The van der Waals surface area contributed by atoms with Crippen LogP contribution in [0.25, 0.3) is 22.4 Å². The van der Waals surface area contributed by atoms with Crippen molar-refractivity contribution in [1.29, 1.82) is 0 Å². The molecular formula is C30H33ClN2O5S. The maximum Gasteiger partial charge on any atom is 0.163 e. The molecule has 0 saturated carbocycles. The minimum Gasteiger partial charge on any atom is -0.497 e. The Hall–Kier alpha value is -3.59. The van der Waals surface area contributed by atoms with E-state index in [-0.39, 0.29) is 24.6 Å². The number of nitrogens with zero attached hydrogens (tertiary/aromatic N) is 1. The number of Topliss-reactive ketones (excluding diaryl/α,β-unsaturated/α-hetero) is 1. The normalized spacial score (nSPS) is 11.3. The first kappa shape index (κ1) is 30.0. The minimum atomic E-state index is -0.634. The maximum atomic E-state index is 13.1. The monoisotopic (exact) mass is 568 g/mol. The van der Waals surface area contributed by atoms with Crippen LogP contribution in [0.3, 0.4) is 0 Å². The van der Waals surface area contributed by atoms with E-state index in [0.717, 1.165) is 44.8 Å². The van der Waals surface area contributed by atoms with Crippen LogP contribution in [-0.4, -0.2) is 44.6 Å². The zero-order valence-electron chi connectivity index (χ0n) is 22.6. The van der Waals surface area contributed by atoms with Gasteiger partial charge in [0, 0.05) is 28.5 Å². The first-order valence-electron chi connectivity index (χ1n) is 12.1. The standard InChI is InChI=1S/C30H32N2O5S.ClH/c1-18-12-22(16-28(36-4)30(18)37-5)29-24(17-38-32-29)20-8-11-27(35-3)21(14-20)15-26(33)25(31)13-19-6-9-23(34-2)10-7-19;/h6-12,14,16-17,25H,13,15,31H2,1-5H3;1H. The van der Waals surface area contributed by atoms with Crippen molar-refractivity contribution in [3.63, 3.8) is 0 Å². The number of ketones is 1. The molecule has 2 N–H and O–H groups in total. The summed E-state index contributed by atoms with van der Waals surface area (Å²) in [6.45, 7) is 1.98. The van der Waals surface area contributed by atoms with Crippen LogP contribution < -0.4 is 24.7 Å². The van der Waals surface area contributed by atoms with Gasteiger partial charge in [0.15, 0.2) is 17.3 Å². The molecule has 0 bridgehead atoms. The summed E-state index contributed by atoms with van der Waals surface area (Å²) in [6.07, 6.45) is 0.610. The van der Waals surface area contributed by atoms with Crippen molar-refractivity contribution >= 4 is 29.7 Å². The summed E-state index contributed by atoms with van der Waals surface area (Å²) in [7, 11) is 6.47. The van der Waals surface area contributed by atoms with Crippen molar-refractivity contribution in [2.24, 2.45) is 5.73 Å². The summed E-state index contributed by atoms with van der Waals surface area (Å²) in [5.74, 6) is 2.69. The minimum absolute atomic E-state index is 0. The number of nitrogens with two attached hydrogens (primary N) is 1. The lowest BCUT2D eigenvalue weighted by Gasteiger charge is -2.15. The Bertz CT molecular complexity index is 1420. The van der Waals surface area contributed by atoms with Gasteiger partial charge in [-0.05, 0) is 78.0 Å². The highest BCUT2D eigenvalue weighted by Gasteiger charge is 2.20. The molecule has 1 atom stereocenters. The molecular weight excluding hydrogens is 536 g/mol. The van der Waals surface area contributed by atoms with Crippen molar-refractivity contribution in [3.05, 3.63) is 76.7 Å². The highest BCUT2D eigenvalue weighted by Crippen LogP contribution is 2.40. The number of methoxy groups -OCH3 is 4. The van der Waals surface area contributed by atoms with Gasteiger partial charge in [-0.2, -0.15) is 4.37 Å². The predicted molar refractivity (Wildman–Crippen MR) is 158 cm³/mol. The number of halogens is 1. The summed E-state index contributed by atoms with van der Waals surface area (Å²) in [4.78, 5) is 13.1. The van der Waals surface area contributed by atoms with Crippen molar-refractivity contribution < 1.29 is 23.7 Å². The van der Waals surface area contributed by atoms with Crippen LogP contribution in [0.4, 0.5) is 0 Å². The Labute approximate surface area is 239 Å². The fraction of sp³-hybridized carbons (Fsp3) is 0.267. The van der Waals surface area contributed by atoms with Crippen LogP contribution in [0.15, 0.2) is 60.0 Å². The van der Waals surface area contributed by atoms with Crippen LogP contribution in [0.2, 0.25) is 0 Å². The quantitative estimate of drug-likeness (QED) is 0.240. The van der Waals surface area contributed by atoms with Gasteiger partial charge in [-0.15, -0.1) is 12.4 Å². The number of carbonyl (C=O) groups excluding carboxylic acids is 1. The highest BCUT2D eigenvalue weighted by molar-refractivity contribution is 7.04. The fourth-order valence-electron chi connectivity index (χ4n) is 4.47. The molecule has 0 radical (unpaired) electrons. The van der Waals surface area contributed by atoms with Gasteiger partial charge < -0.3 is 24.7 Å².